The number of hydrogen-bond acceptors (Lipinski definition) is 2. The van der Waals surface area contributed by atoms with E-state index in [2.05, 4.69) is 37.4 Å². The van der Waals surface area contributed by atoms with Crippen molar-refractivity contribution in [2.45, 2.75) is 58.5 Å². The normalized spacial score (nSPS) is 23.3. The molecule has 1 aromatic rings. The van der Waals surface area contributed by atoms with Gasteiger partial charge in [0.05, 0.1) is 7.11 Å². The molecule has 2 nitrogen and oxygen atoms in total. The molecule has 2 heteroatoms. The molecule has 0 aromatic heterocycles. The number of nitrogens with one attached hydrogen (secondary N) is 1. The summed E-state index contributed by atoms with van der Waals surface area (Å²) in [7, 11) is 1.73. The van der Waals surface area contributed by atoms with Crippen molar-refractivity contribution in [3.05, 3.63) is 29.3 Å². The van der Waals surface area contributed by atoms with Crippen molar-refractivity contribution in [1.29, 1.82) is 0 Å². The van der Waals surface area contributed by atoms with Crippen molar-refractivity contribution in [3.8, 4) is 5.75 Å². The van der Waals surface area contributed by atoms with Gasteiger partial charge in [0.25, 0.3) is 0 Å². The van der Waals surface area contributed by atoms with Crippen molar-refractivity contribution in [2.24, 2.45) is 5.92 Å². The minimum atomic E-state index is 0.713. The van der Waals surface area contributed by atoms with Gasteiger partial charge in [-0.2, -0.15) is 0 Å². The molecule has 1 fully saturated rings. The lowest BCUT2D eigenvalue weighted by Gasteiger charge is -2.28. The summed E-state index contributed by atoms with van der Waals surface area (Å²) in [6, 6.07) is 7.17. The Labute approximate surface area is 117 Å². The smallest absolute Gasteiger partial charge is 0.121 e. The number of hydrogen-bond donors (Lipinski definition) is 1. The van der Waals surface area contributed by atoms with E-state index in [0.717, 1.165) is 18.2 Å². The Morgan fingerprint density at radius 3 is 2.53 bits per heavy atom. The van der Waals surface area contributed by atoms with Crippen LogP contribution < -0.4 is 10.1 Å². The minimum Gasteiger partial charge on any atom is -0.496 e. The van der Waals surface area contributed by atoms with Crippen LogP contribution in [-0.4, -0.2) is 13.2 Å². The van der Waals surface area contributed by atoms with Gasteiger partial charge >= 0.3 is 0 Å². The summed E-state index contributed by atoms with van der Waals surface area (Å²) in [6.07, 6.45) is 6.83. The molecule has 1 aliphatic carbocycles. The molecule has 0 atom stereocenters. The van der Waals surface area contributed by atoms with Gasteiger partial charge in [-0.05, 0) is 55.7 Å². The zero-order valence-corrected chi connectivity index (χ0v) is 12.5. The van der Waals surface area contributed by atoms with Crippen LogP contribution in [0.3, 0.4) is 0 Å². The Morgan fingerprint density at radius 2 is 1.95 bits per heavy atom. The second-order valence-corrected chi connectivity index (χ2v) is 5.81. The molecule has 0 unspecified atom stereocenters. The Hall–Kier alpha value is -1.02. The maximum atomic E-state index is 5.30. The van der Waals surface area contributed by atoms with E-state index >= 15 is 0 Å². The summed E-state index contributed by atoms with van der Waals surface area (Å²) < 4.78 is 5.30. The van der Waals surface area contributed by atoms with Gasteiger partial charge in [0.15, 0.2) is 0 Å². The molecular weight excluding hydrogens is 234 g/mol. The Bertz CT molecular complexity index is 394. The van der Waals surface area contributed by atoms with Gasteiger partial charge in [-0.15, -0.1) is 0 Å². The van der Waals surface area contributed by atoms with E-state index in [-0.39, 0.29) is 0 Å². The molecule has 0 amide bonds. The van der Waals surface area contributed by atoms with Crippen molar-refractivity contribution >= 4 is 0 Å². The third-order valence-electron chi connectivity index (χ3n) is 4.48. The van der Waals surface area contributed by atoms with E-state index < -0.39 is 0 Å². The zero-order valence-electron chi connectivity index (χ0n) is 12.5. The lowest BCUT2D eigenvalue weighted by atomic mass is 9.84. The standard InChI is InChI=1S/C17H27NO/c1-4-14-5-8-16(9-6-14)18-12-15-7-10-17(19-3)13(2)11-15/h7,10-11,14,16,18H,4-6,8-9,12H2,1-3H3. The molecule has 0 bridgehead atoms. The van der Waals surface area contributed by atoms with Crippen molar-refractivity contribution in [1.82, 2.24) is 5.32 Å². The molecule has 0 aliphatic heterocycles. The van der Waals surface area contributed by atoms with Crippen LogP contribution in [0.4, 0.5) is 0 Å². The lowest BCUT2D eigenvalue weighted by molar-refractivity contribution is 0.285. The number of methoxy groups -OCH3 is 1. The number of rotatable bonds is 5. The molecule has 1 saturated carbocycles. The summed E-state index contributed by atoms with van der Waals surface area (Å²) in [5.74, 6) is 1.95. The Kier molecular flexibility index (Phi) is 5.26. The topological polar surface area (TPSA) is 21.3 Å². The van der Waals surface area contributed by atoms with E-state index in [0.29, 0.717) is 6.04 Å². The summed E-state index contributed by atoms with van der Waals surface area (Å²) in [5.41, 5.74) is 2.58. The van der Waals surface area contributed by atoms with Gasteiger partial charge in [-0.25, -0.2) is 0 Å². The molecular formula is C17H27NO. The average molecular weight is 261 g/mol. The summed E-state index contributed by atoms with van der Waals surface area (Å²) in [6.45, 7) is 5.40. The lowest BCUT2D eigenvalue weighted by Crippen LogP contribution is -2.32. The van der Waals surface area contributed by atoms with Crippen LogP contribution in [0.25, 0.3) is 0 Å². The van der Waals surface area contributed by atoms with Gasteiger partial charge in [0.2, 0.25) is 0 Å². The summed E-state index contributed by atoms with van der Waals surface area (Å²) in [4.78, 5) is 0. The monoisotopic (exact) mass is 261 g/mol. The van der Waals surface area contributed by atoms with Gasteiger partial charge in [-0.3, -0.25) is 0 Å². The maximum Gasteiger partial charge on any atom is 0.121 e. The van der Waals surface area contributed by atoms with E-state index in [1.807, 2.05) is 0 Å². The Morgan fingerprint density at radius 1 is 1.21 bits per heavy atom. The molecule has 19 heavy (non-hydrogen) atoms. The van der Waals surface area contributed by atoms with Crippen molar-refractivity contribution < 1.29 is 4.74 Å². The van der Waals surface area contributed by atoms with Gasteiger partial charge in [-0.1, -0.05) is 25.5 Å². The fourth-order valence-corrected chi connectivity index (χ4v) is 3.09. The summed E-state index contributed by atoms with van der Waals surface area (Å²) >= 11 is 0. The van der Waals surface area contributed by atoms with Gasteiger partial charge in [0.1, 0.15) is 5.75 Å². The SMILES string of the molecule is CCC1CCC(NCc2ccc(OC)c(C)c2)CC1. The van der Waals surface area contributed by atoms with E-state index in [1.54, 1.807) is 7.11 Å². The first-order valence-corrected chi connectivity index (χ1v) is 7.59. The second-order valence-electron chi connectivity index (χ2n) is 5.81. The van der Waals surface area contributed by atoms with Crippen LogP contribution in [0.2, 0.25) is 0 Å². The summed E-state index contributed by atoms with van der Waals surface area (Å²) in [5, 5.41) is 3.71. The molecule has 1 aliphatic rings. The predicted molar refractivity (Wildman–Crippen MR) is 80.6 cm³/mol. The first-order chi connectivity index (χ1) is 9.22. The van der Waals surface area contributed by atoms with Crippen molar-refractivity contribution in [3.63, 3.8) is 0 Å². The number of ether oxygens (including phenoxy) is 1. The van der Waals surface area contributed by atoms with Crippen molar-refractivity contribution in [2.75, 3.05) is 7.11 Å². The number of aryl methyl sites for hydroxylation is 1. The highest BCUT2D eigenvalue weighted by atomic mass is 16.5. The van der Waals surface area contributed by atoms with Crippen LogP contribution in [0.5, 0.6) is 5.75 Å². The molecule has 106 valence electrons. The fourth-order valence-electron chi connectivity index (χ4n) is 3.09. The average Bonchev–Trinajstić information content (AvgIpc) is 2.46. The Balaban J connectivity index is 1.81. The molecule has 0 spiro atoms. The zero-order chi connectivity index (χ0) is 13.7. The van der Waals surface area contributed by atoms with Crippen LogP contribution in [0.15, 0.2) is 18.2 Å². The molecule has 0 radical (unpaired) electrons. The van der Waals surface area contributed by atoms with Gasteiger partial charge < -0.3 is 10.1 Å². The first-order valence-electron chi connectivity index (χ1n) is 7.59. The largest absolute Gasteiger partial charge is 0.496 e. The van der Waals surface area contributed by atoms with Gasteiger partial charge in [0, 0.05) is 12.6 Å². The van der Waals surface area contributed by atoms with E-state index in [4.69, 9.17) is 4.74 Å². The fraction of sp³-hybridized carbons (Fsp3) is 0.647. The molecule has 0 saturated heterocycles. The first kappa shape index (κ1) is 14.4. The molecule has 0 heterocycles. The van der Waals surface area contributed by atoms with Crippen LogP contribution >= 0.6 is 0 Å². The highest BCUT2D eigenvalue weighted by Gasteiger charge is 2.19. The van der Waals surface area contributed by atoms with E-state index in [9.17, 15) is 0 Å². The van der Waals surface area contributed by atoms with Crippen LogP contribution in [-0.2, 0) is 6.54 Å². The highest BCUT2D eigenvalue weighted by Crippen LogP contribution is 2.26. The predicted octanol–water partition coefficient (Wildman–Crippen LogP) is 4.06. The number of benzene rings is 1. The molecule has 1 aromatic carbocycles. The highest BCUT2D eigenvalue weighted by molar-refractivity contribution is 5.36. The molecule has 2 rings (SSSR count). The minimum absolute atomic E-state index is 0.713. The quantitative estimate of drug-likeness (QED) is 0.863. The second kappa shape index (κ2) is 6.95. The van der Waals surface area contributed by atoms with E-state index in [1.165, 1.54) is 43.2 Å². The maximum absolute atomic E-state index is 5.30. The molecule has 1 N–H and O–H groups in total. The third kappa shape index (κ3) is 3.97. The van der Waals surface area contributed by atoms with Crippen LogP contribution in [0, 0.1) is 12.8 Å². The third-order valence-corrected chi connectivity index (χ3v) is 4.48. The van der Waals surface area contributed by atoms with Crippen LogP contribution in [0.1, 0.15) is 50.2 Å².